The number of tetrazole rings is 1. The lowest BCUT2D eigenvalue weighted by molar-refractivity contribution is -0.129. The fraction of sp³-hybridized carbons (Fsp3) is 0.217. The van der Waals surface area contributed by atoms with Crippen molar-refractivity contribution in [1.29, 1.82) is 0 Å². The molecule has 1 amide bonds. The number of fused-ring (bicyclic) bond motifs is 1. The summed E-state index contributed by atoms with van der Waals surface area (Å²) >= 11 is 6.07. The first kappa shape index (κ1) is 21.1. The number of nitrogens with two attached hydrogens (primary N) is 1. The number of H-pyrrole nitrogens is 1. The zero-order chi connectivity index (χ0) is 25.8. The zero-order valence-electron chi connectivity index (χ0n) is 19.5. The minimum absolute atomic E-state index is 0.0212. The van der Waals surface area contributed by atoms with Crippen LogP contribution in [-0.2, 0) is 4.79 Å². The molecule has 0 aliphatic carbocycles. The fourth-order valence-electron chi connectivity index (χ4n) is 4.92. The number of benzene rings is 1. The van der Waals surface area contributed by atoms with Gasteiger partial charge in [0.25, 0.3) is 0 Å². The second-order valence-corrected chi connectivity index (χ2v) is 8.96. The number of carbonyl (C=O) groups excluding carboxylic acids is 1. The van der Waals surface area contributed by atoms with Gasteiger partial charge in [-0.05, 0) is 59.5 Å². The molecule has 0 radical (unpaired) electrons. The Balaban J connectivity index is 1.35. The maximum Gasteiger partial charge on any atom is 0.247 e. The van der Waals surface area contributed by atoms with Gasteiger partial charge in [-0.15, -0.1) is 5.10 Å². The summed E-state index contributed by atoms with van der Waals surface area (Å²) in [5.74, 6) is -1.23. The number of nitrogen functional groups attached to an aromatic ring is 1. The van der Waals surface area contributed by atoms with Gasteiger partial charge in [0.1, 0.15) is 18.0 Å². The van der Waals surface area contributed by atoms with Crippen molar-refractivity contribution in [3.63, 3.8) is 0 Å². The van der Waals surface area contributed by atoms with Crippen LogP contribution in [0.5, 0.6) is 0 Å². The van der Waals surface area contributed by atoms with E-state index in [1.165, 1.54) is 41.5 Å². The molecule has 0 saturated carbocycles. The maximum atomic E-state index is 15.3. The van der Waals surface area contributed by atoms with Crippen LogP contribution >= 0.6 is 11.6 Å². The first-order valence-corrected chi connectivity index (χ1v) is 11.4. The Hall–Kier alpha value is -4.19. The molecule has 1 saturated heterocycles. The molecule has 5 heterocycles. The smallest absolute Gasteiger partial charge is 0.247 e. The molecular weight excluding hydrogens is 492 g/mol. The number of halogens is 3. The van der Waals surface area contributed by atoms with Gasteiger partial charge in [-0.25, -0.2) is 14.4 Å². The predicted molar refractivity (Wildman–Crippen MR) is 126 cm³/mol. The number of imidazole rings is 1. The van der Waals surface area contributed by atoms with Gasteiger partial charge in [-0.2, -0.15) is 9.07 Å². The first-order valence-electron chi connectivity index (χ1n) is 11.5. The highest BCUT2D eigenvalue weighted by molar-refractivity contribution is 6.31. The summed E-state index contributed by atoms with van der Waals surface area (Å²) in [6.45, 7) is 0. The summed E-state index contributed by atoms with van der Waals surface area (Å²) in [7, 11) is 0. The van der Waals surface area contributed by atoms with E-state index in [1.54, 1.807) is 4.90 Å². The quantitative estimate of drug-likeness (QED) is 0.402. The topological polar surface area (TPSA) is 132 Å². The number of anilines is 1. The molecule has 3 aromatic heterocycles. The number of hydrogen-bond donors (Lipinski definition) is 2. The Morgan fingerprint density at radius 3 is 2.89 bits per heavy atom. The Kier molecular flexibility index (Phi) is 4.98. The van der Waals surface area contributed by atoms with Gasteiger partial charge in [-0.1, -0.05) is 11.6 Å². The number of pyridine rings is 1. The summed E-state index contributed by atoms with van der Waals surface area (Å²) in [4.78, 5) is 26.2. The summed E-state index contributed by atoms with van der Waals surface area (Å²) in [5, 5.41) is 10.7. The standard InChI is InChI=1S/C23H18ClF2N9O/c24-14-3-5-16(34-10-29-32-33-34)20(21(14)25)11-7-12-1-4-17(35(12)19(36)8-11)23-28-9-15(30-23)13-2-6-18(27)31-22(13)26/h2-3,5-6,8-10,12,17H,1,4,7H2,(H2,27,31)(H,28,30)/t12-,17+/m1/s1/i5D. The second-order valence-electron chi connectivity index (χ2n) is 8.55. The van der Waals surface area contributed by atoms with E-state index in [-0.39, 0.29) is 51.7 Å². The largest absolute Gasteiger partial charge is 0.384 e. The van der Waals surface area contributed by atoms with E-state index >= 15 is 4.39 Å². The van der Waals surface area contributed by atoms with Crippen LogP contribution in [-0.4, -0.2) is 52.0 Å². The van der Waals surface area contributed by atoms with Crippen molar-refractivity contribution in [3.05, 3.63) is 71.0 Å². The molecule has 3 N–H and O–H groups in total. The lowest BCUT2D eigenvalue weighted by Gasteiger charge is -2.33. The van der Waals surface area contributed by atoms with Crippen LogP contribution in [0.1, 0.15) is 38.1 Å². The van der Waals surface area contributed by atoms with Crippen molar-refractivity contribution in [2.75, 3.05) is 5.73 Å². The van der Waals surface area contributed by atoms with Crippen LogP contribution in [0.3, 0.4) is 0 Å². The number of nitrogens with one attached hydrogen (secondary N) is 1. The summed E-state index contributed by atoms with van der Waals surface area (Å²) in [5.41, 5.74) is 6.69. The molecule has 0 spiro atoms. The fourth-order valence-corrected chi connectivity index (χ4v) is 5.07. The van der Waals surface area contributed by atoms with E-state index in [0.717, 1.165) is 0 Å². The third kappa shape index (κ3) is 3.61. The number of amides is 1. The Morgan fingerprint density at radius 2 is 2.11 bits per heavy atom. The number of hydrogen-bond acceptors (Lipinski definition) is 7. The molecule has 13 heteroatoms. The number of aromatic nitrogens is 7. The maximum absolute atomic E-state index is 15.3. The van der Waals surface area contributed by atoms with Gasteiger partial charge in [0, 0.05) is 17.7 Å². The highest BCUT2D eigenvalue weighted by atomic mass is 35.5. The highest BCUT2D eigenvalue weighted by Crippen LogP contribution is 2.44. The lowest BCUT2D eigenvalue weighted by Crippen LogP contribution is -2.39. The van der Waals surface area contributed by atoms with Crippen LogP contribution in [0.15, 0.2) is 42.8 Å². The van der Waals surface area contributed by atoms with Gasteiger partial charge >= 0.3 is 0 Å². The molecule has 2 atom stereocenters. The molecule has 0 unspecified atom stereocenters. The molecule has 4 aromatic rings. The third-order valence-corrected chi connectivity index (χ3v) is 6.76. The van der Waals surface area contributed by atoms with Crippen molar-refractivity contribution < 1.29 is 14.9 Å². The average Bonchev–Trinajstić information content (AvgIpc) is 3.62. The predicted octanol–water partition coefficient (Wildman–Crippen LogP) is 3.48. The third-order valence-electron chi connectivity index (χ3n) is 6.48. The molecule has 2 aliphatic rings. The molecule has 182 valence electrons. The van der Waals surface area contributed by atoms with Crippen molar-refractivity contribution >= 4 is 28.9 Å². The average molecular weight is 511 g/mol. The van der Waals surface area contributed by atoms with E-state index in [2.05, 4.69) is 30.5 Å². The van der Waals surface area contributed by atoms with E-state index < -0.39 is 11.8 Å². The molecular formula is C23H18ClF2N9O. The minimum Gasteiger partial charge on any atom is -0.384 e. The molecule has 2 aliphatic heterocycles. The Labute approximate surface area is 209 Å². The number of rotatable bonds is 4. The summed E-state index contributed by atoms with van der Waals surface area (Å²) in [6.07, 6.45) is 5.67. The number of aromatic amines is 1. The number of nitrogens with zero attached hydrogens (tertiary/aromatic N) is 7. The molecule has 10 nitrogen and oxygen atoms in total. The van der Waals surface area contributed by atoms with Gasteiger partial charge < -0.3 is 15.6 Å². The monoisotopic (exact) mass is 510 g/mol. The molecule has 6 rings (SSSR count). The van der Waals surface area contributed by atoms with Crippen LogP contribution in [0.2, 0.25) is 5.02 Å². The van der Waals surface area contributed by atoms with Crippen molar-refractivity contribution in [2.45, 2.75) is 31.3 Å². The normalized spacial score (nSPS) is 19.9. The lowest BCUT2D eigenvalue weighted by atomic mass is 9.92. The highest BCUT2D eigenvalue weighted by Gasteiger charge is 2.42. The van der Waals surface area contributed by atoms with Crippen molar-refractivity contribution in [3.8, 4) is 16.9 Å². The van der Waals surface area contributed by atoms with Crippen LogP contribution in [0, 0.1) is 11.8 Å². The molecule has 1 aromatic carbocycles. The van der Waals surface area contributed by atoms with Gasteiger partial charge in [-0.3, -0.25) is 4.79 Å². The Morgan fingerprint density at radius 1 is 1.25 bits per heavy atom. The van der Waals surface area contributed by atoms with E-state index in [1.807, 2.05) is 0 Å². The van der Waals surface area contributed by atoms with Crippen LogP contribution in [0.4, 0.5) is 14.6 Å². The zero-order valence-corrected chi connectivity index (χ0v) is 19.2. The van der Waals surface area contributed by atoms with Gasteiger partial charge in [0.05, 0.1) is 35.6 Å². The minimum atomic E-state index is -0.750. The van der Waals surface area contributed by atoms with Gasteiger partial charge in [0.2, 0.25) is 11.9 Å². The number of carbonyl (C=O) groups is 1. The van der Waals surface area contributed by atoms with Crippen molar-refractivity contribution in [2.24, 2.45) is 0 Å². The molecule has 0 bridgehead atoms. The summed E-state index contributed by atoms with van der Waals surface area (Å²) < 4.78 is 39.2. The van der Waals surface area contributed by atoms with Crippen molar-refractivity contribution in [1.82, 2.24) is 40.1 Å². The molecule has 36 heavy (non-hydrogen) atoms. The van der Waals surface area contributed by atoms with Gasteiger partial charge in [0.15, 0.2) is 5.82 Å². The SMILES string of the molecule is [2H]c1cc(Cl)c(F)c(C2=CC(=O)N3[C@H](CC[C@H]3c3ncc(-c4ccc(N)nc4F)[nH]3)C2)c1-n1cnnn1. The summed E-state index contributed by atoms with van der Waals surface area (Å²) in [6, 6.07) is 3.48. The Bertz CT molecular complexity index is 1570. The second kappa shape index (κ2) is 8.48. The van der Waals surface area contributed by atoms with Crippen LogP contribution in [0.25, 0.3) is 22.5 Å². The van der Waals surface area contributed by atoms with E-state index in [0.29, 0.717) is 36.4 Å². The van der Waals surface area contributed by atoms with Crippen LogP contribution < -0.4 is 5.73 Å². The van der Waals surface area contributed by atoms with E-state index in [4.69, 9.17) is 18.7 Å². The first-order chi connectivity index (χ1) is 17.8. The molecule has 1 fully saturated rings. The van der Waals surface area contributed by atoms with E-state index in [9.17, 15) is 9.18 Å².